The first-order valence-corrected chi connectivity index (χ1v) is 7.64. The molecule has 2 nitrogen and oxygen atoms in total. The molecule has 1 aromatic carbocycles. The van der Waals surface area contributed by atoms with Crippen LogP contribution in [-0.2, 0) is 0 Å². The SMILES string of the molecule is C[C@H](CNC1CCN(CC(F)F)CC1)c1ccc(F)cc1F. The lowest BCUT2D eigenvalue weighted by molar-refractivity contribution is 0.0730. The Labute approximate surface area is 128 Å². The van der Waals surface area contributed by atoms with Crippen LogP contribution in [0.3, 0.4) is 0 Å². The Morgan fingerprint density at radius 1 is 1.23 bits per heavy atom. The first kappa shape index (κ1) is 17.2. The standard InChI is InChI=1S/C16H22F4N2/c1-11(14-3-2-12(17)8-15(14)18)9-21-13-4-6-22(7-5-13)10-16(19)20/h2-3,8,11,13,16,21H,4-7,9-10H2,1H3/t11-/m1/s1. The minimum atomic E-state index is -2.29. The summed E-state index contributed by atoms with van der Waals surface area (Å²) >= 11 is 0. The lowest BCUT2D eigenvalue weighted by atomic mass is 9.98. The Hall–Kier alpha value is -1.14. The van der Waals surface area contributed by atoms with Gasteiger partial charge in [-0.2, -0.15) is 0 Å². The van der Waals surface area contributed by atoms with Crippen LogP contribution in [0.4, 0.5) is 17.6 Å². The Bertz CT molecular complexity index is 473. The van der Waals surface area contributed by atoms with E-state index in [2.05, 4.69) is 5.32 Å². The number of nitrogens with zero attached hydrogens (tertiary/aromatic N) is 1. The average Bonchev–Trinajstić information content (AvgIpc) is 2.45. The van der Waals surface area contributed by atoms with E-state index in [1.165, 1.54) is 12.1 Å². The predicted octanol–water partition coefficient (Wildman–Crippen LogP) is 3.39. The molecule has 1 heterocycles. The molecule has 1 aliphatic heterocycles. The van der Waals surface area contributed by atoms with Crippen molar-refractivity contribution in [1.82, 2.24) is 10.2 Å². The van der Waals surface area contributed by atoms with E-state index in [-0.39, 0.29) is 18.5 Å². The first-order valence-electron chi connectivity index (χ1n) is 7.64. The molecule has 1 aromatic rings. The number of benzene rings is 1. The summed E-state index contributed by atoms with van der Waals surface area (Å²) in [5, 5.41) is 3.36. The van der Waals surface area contributed by atoms with Crippen molar-refractivity contribution < 1.29 is 17.6 Å². The molecule has 0 amide bonds. The molecule has 6 heteroatoms. The molecule has 124 valence electrons. The number of hydrogen-bond acceptors (Lipinski definition) is 2. The molecule has 0 radical (unpaired) electrons. The second kappa shape index (κ2) is 7.92. The van der Waals surface area contributed by atoms with Crippen LogP contribution in [-0.4, -0.2) is 43.5 Å². The molecule has 0 saturated carbocycles. The van der Waals surface area contributed by atoms with Gasteiger partial charge in [-0.3, -0.25) is 4.90 Å². The quantitative estimate of drug-likeness (QED) is 0.809. The summed E-state index contributed by atoms with van der Waals surface area (Å²) in [4.78, 5) is 1.77. The Morgan fingerprint density at radius 3 is 2.50 bits per heavy atom. The maximum Gasteiger partial charge on any atom is 0.251 e. The molecule has 0 spiro atoms. The number of nitrogens with one attached hydrogen (secondary N) is 1. The van der Waals surface area contributed by atoms with Crippen molar-refractivity contribution in [2.75, 3.05) is 26.2 Å². The van der Waals surface area contributed by atoms with Gasteiger partial charge in [-0.1, -0.05) is 13.0 Å². The summed E-state index contributed by atoms with van der Waals surface area (Å²) < 4.78 is 51.2. The monoisotopic (exact) mass is 318 g/mol. The van der Waals surface area contributed by atoms with Gasteiger partial charge in [0.05, 0.1) is 6.54 Å². The molecule has 2 rings (SSSR count). The Morgan fingerprint density at radius 2 is 1.91 bits per heavy atom. The number of alkyl halides is 2. The number of piperidine rings is 1. The van der Waals surface area contributed by atoms with Gasteiger partial charge in [-0.25, -0.2) is 17.6 Å². The highest BCUT2D eigenvalue weighted by Crippen LogP contribution is 2.20. The van der Waals surface area contributed by atoms with E-state index in [0.717, 1.165) is 18.9 Å². The summed E-state index contributed by atoms with van der Waals surface area (Å²) in [6.45, 7) is 3.61. The van der Waals surface area contributed by atoms with Crippen molar-refractivity contribution in [2.45, 2.75) is 38.2 Å². The van der Waals surface area contributed by atoms with E-state index < -0.39 is 18.1 Å². The van der Waals surface area contributed by atoms with Crippen LogP contribution in [0.1, 0.15) is 31.2 Å². The van der Waals surface area contributed by atoms with Crippen LogP contribution in [0.15, 0.2) is 18.2 Å². The van der Waals surface area contributed by atoms with Crippen LogP contribution >= 0.6 is 0 Å². The molecule has 0 aromatic heterocycles. The van der Waals surface area contributed by atoms with Crippen molar-refractivity contribution in [1.29, 1.82) is 0 Å². The summed E-state index contributed by atoms with van der Waals surface area (Å²) in [6.07, 6.45) is -0.664. The van der Waals surface area contributed by atoms with Crippen molar-refractivity contribution in [3.05, 3.63) is 35.4 Å². The topological polar surface area (TPSA) is 15.3 Å². The molecule has 22 heavy (non-hydrogen) atoms. The predicted molar refractivity (Wildman–Crippen MR) is 78.2 cm³/mol. The molecular weight excluding hydrogens is 296 g/mol. The van der Waals surface area contributed by atoms with Crippen molar-refractivity contribution in [3.8, 4) is 0 Å². The van der Waals surface area contributed by atoms with Gasteiger partial charge in [0.25, 0.3) is 6.43 Å². The maximum absolute atomic E-state index is 13.7. The van der Waals surface area contributed by atoms with Gasteiger partial charge < -0.3 is 5.32 Å². The lowest BCUT2D eigenvalue weighted by Gasteiger charge is -2.32. The first-order chi connectivity index (χ1) is 10.5. The van der Waals surface area contributed by atoms with Gasteiger partial charge in [-0.05, 0) is 43.5 Å². The molecule has 0 unspecified atom stereocenters. The van der Waals surface area contributed by atoms with Crippen LogP contribution in [0.2, 0.25) is 0 Å². The van der Waals surface area contributed by atoms with E-state index >= 15 is 0 Å². The molecule has 1 fully saturated rings. The second-order valence-corrected chi connectivity index (χ2v) is 5.94. The fraction of sp³-hybridized carbons (Fsp3) is 0.625. The third-order valence-corrected chi connectivity index (χ3v) is 4.19. The third kappa shape index (κ3) is 4.95. The molecule has 1 N–H and O–H groups in total. The smallest absolute Gasteiger partial charge is 0.251 e. The van der Waals surface area contributed by atoms with Gasteiger partial charge >= 0.3 is 0 Å². The van der Waals surface area contributed by atoms with Crippen LogP contribution in [0, 0.1) is 11.6 Å². The minimum absolute atomic E-state index is 0.0697. The molecule has 1 saturated heterocycles. The Kier molecular flexibility index (Phi) is 6.20. The zero-order valence-electron chi connectivity index (χ0n) is 12.7. The van der Waals surface area contributed by atoms with Gasteiger partial charge in [0.2, 0.25) is 0 Å². The van der Waals surface area contributed by atoms with Gasteiger partial charge in [0, 0.05) is 18.7 Å². The van der Waals surface area contributed by atoms with Crippen molar-refractivity contribution in [3.63, 3.8) is 0 Å². The zero-order valence-corrected chi connectivity index (χ0v) is 12.7. The molecule has 0 bridgehead atoms. The summed E-state index contributed by atoms with van der Waals surface area (Å²) in [7, 11) is 0. The average molecular weight is 318 g/mol. The molecular formula is C16H22F4N2. The Balaban J connectivity index is 1.76. The largest absolute Gasteiger partial charge is 0.313 e. The lowest BCUT2D eigenvalue weighted by Crippen LogP contribution is -2.44. The van der Waals surface area contributed by atoms with Crippen molar-refractivity contribution >= 4 is 0 Å². The summed E-state index contributed by atoms with van der Waals surface area (Å²) in [5.41, 5.74) is 0.490. The zero-order chi connectivity index (χ0) is 16.1. The maximum atomic E-state index is 13.7. The normalized spacial score (nSPS) is 18.8. The number of rotatable bonds is 6. The molecule has 1 atom stereocenters. The highest BCUT2D eigenvalue weighted by molar-refractivity contribution is 5.22. The summed E-state index contributed by atoms with van der Waals surface area (Å²) in [6, 6.07) is 3.90. The fourth-order valence-corrected chi connectivity index (χ4v) is 2.87. The van der Waals surface area contributed by atoms with Crippen LogP contribution in [0.5, 0.6) is 0 Å². The summed E-state index contributed by atoms with van der Waals surface area (Å²) in [5.74, 6) is -1.17. The minimum Gasteiger partial charge on any atom is -0.313 e. The van der Waals surface area contributed by atoms with E-state index in [9.17, 15) is 17.6 Å². The third-order valence-electron chi connectivity index (χ3n) is 4.19. The van der Waals surface area contributed by atoms with E-state index in [0.29, 0.717) is 25.2 Å². The number of halogens is 4. The highest BCUT2D eigenvalue weighted by Gasteiger charge is 2.22. The molecule has 0 aliphatic carbocycles. The van der Waals surface area contributed by atoms with Crippen LogP contribution in [0.25, 0.3) is 0 Å². The fourth-order valence-electron chi connectivity index (χ4n) is 2.87. The van der Waals surface area contributed by atoms with Gasteiger partial charge in [0.1, 0.15) is 11.6 Å². The molecule has 1 aliphatic rings. The highest BCUT2D eigenvalue weighted by atomic mass is 19.3. The van der Waals surface area contributed by atoms with E-state index in [4.69, 9.17) is 0 Å². The van der Waals surface area contributed by atoms with Crippen LogP contribution < -0.4 is 5.32 Å². The number of hydrogen-bond donors (Lipinski definition) is 1. The van der Waals surface area contributed by atoms with Gasteiger partial charge in [-0.15, -0.1) is 0 Å². The number of likely N-dealkylation sites (tertiary alicyclic amines) is 1. The second-order valence-electron chi connectivity index (χ2n) is 5.94. The van der Waals surface area contributed by atoms with E-state index in [1.807, 2.05) is 6.92 Å². The van der Waals surface area contributed by atoms with Gasteiger partial charge in [0.15, 0.2) is 0 Å². The van der Waals surface area contributed by atoms with E-state index in [1.54, 1.807) is 4.90 Å². The van der Waals surface area contributed by atoms with Crippen molar-refractivity contribution in [2.24, 2.45) is 0 Å².